The molecule has 0 radical (unpaired) electrons. The van der Waals surface area contributed by atoms with E-state index in [0.717, 1.165) is 15.8 Å². The normalized spacial score (nSPS) is 15.1. The number of fused-ring (bicyclic) bond motifs is 1. The van der Waals surface area contributed by atoms with E-state index in [0.29, 0.717) is 30.2 Å². The van der Waals surface area contributed by atoms with Crippen LogP contribution in [0.5, 0.6) is 11.5 Å². The third-order valence-corrected chi connectivity index (χ3v) is 5.50. The van der Waals surface area contributed by atoms with E-state index in [9.17, 15) is 14.0 Å². The number of carbonyl (C=O) groups excluding carboxylic acids is 2. The van der Waals surface area contributed by atoms with Gasteiger partial charge in [0.25, 0.3) is 5.91 Å². The fourth-order valence-corrected chi connectivity index (χ4v) is 3.72. The number of benzene rings is 2. The first kappa shape index (κ1) is 25.1. The van der Waals surface area contributed by atoms with Gasteiger partial charge in [0.2, 0.25) is 0 Å². The molecule has 0 bridgehead atoms. The second kappa shape index (κ2) is 11.6. The summed E-state index contributed by atoms with van der Waals surface area (Å²) < 4.78 is 31.1. The van der Waals surface area contributed by atoms with Crippen LogP contribution in [-0.4, -0.2) is 72.9 Å². The molecule has 2 amide bonds. The maximum atomic E-state index is 13.4. The highest BCUT2D eigenvalue weighted by molar-refractivity contribution is 6.00. The van der Waals surface area contributed by atoms with Crippen LogP contribution in [0.25, 0.3) is 0 Å². The Morgan fingerprint density at radius 3 is 2.89 bits per heavy atom. The van der Waals surface area contributed by atoms with Crippen molar-refractivity contribution in [1.82, 2.24) is 15.1 Å². The van der Waals surface area contributed by atoms with Gasteiger partial charge in [0.05, 0.1) is 31.7 Å². The Labute approximate surface area is 207 Å². The zero-order valence-electron chi connectivity index (χ0n) is 19.7. The molecule has 1 aromatic heterocycles. The fraction of sp³-hybridized carbons (Fsp3) is 0.320. The van der Waals surface area contributed by atoms with E-state index in [1.165, 1.54) is 29.4 Å². The van der Waals surface area contributed by atoms with Gasteiger partial charge in [-0.1, -0.05) is 12.1 Å². The summed E-state index contributed by atoms with van der Waals surface area (Å²) in [6.07, 6.45) is 3.47. The lowest BCUT2D eigenvalue weighted by atomic mass is 10.1. The number of nitrogens with zero attached hydrogens (tertiary/aromatic N) is 3. The number of nitrogens with one attached hydrogen (secondary N) is 1. The van der Waals surface area contributed by atoms with Crippen LogP contribution >= 0.6 is 0 Å². The maximum Gasteiger partial charge on any atom is 0.342 e. The third-order valence-electron chi connectivity index (χ3n) is 5.50. The van der Waals surface area contributed by atoms with Crippen LogP contribution in [0.4, 0.5) is 14.9 Å². The van der Waals surface area contributed by atoms with Crippen molar-refractivity contribution in [3.63, 3.8) is 0 Å². The Morgan fingerprint density at radius 1 is 1.22 bits per heavy atom. The number of anilines is 1. The largest absolute Gasteiger partial charge is 0.491 e. The lowest BCUT2D eigenvalue weighted by Gasteiger charge is -2.20. The Kier molecular flexibility index (Phi) is 8.13. The lowest BCUT2D eigenvalue weighted by Crippen LogP contribution is -2.50. The van der Waals surface area contributed by atoms with Crippen LogP contribution in [0, 0.1) is 5.82 Å². The van der Waals surface area contributed by atoms with Crippen molar-refractivity contribution >= 4 is 17.6 Å². The molecule has 0 aliphatic carbocycles. The summed E-state index contributed by atoms with van der Waals surface area (Å²) in [6, 6.07) is 9.75. The van der Waals surface area contributed by atoms with Crippen LogP contribution in [0.3, 0.4) is 0 Å². The minimum Gasteiger partial charge on any atom is -0.491 e. The number of halogens is 1. The van der Waals surface area contributed by atoms with Crippen molar-refractivity contribution in [2.45, 2.75) is 12.5 Å². The molecule has 1 aliphatic rings. The molecule has 190 valence electrons. The molecule has 0 saturated heterocycles. The number of aromatic nitrogens is 2. The van der Waals surface area contributed by atoms with E-state index in [-0.39, 0.29) is 38.2 Å². The molecule has 1 atom stereocenters. The molecule has 36 heavy (non-hydrogen) atoms. The van der Waals surface area contributed by atoms with Crippen LogP contribution < -0.4 is 19.7 Å². The van der Waals surface area contributed by atoms with Gasteiger partial charge >= 0.3 is 6.03 Å². The molecule has 0 fully saturated rings. The summed E-state index contributed by atoms with van der Waals surface area (Å²) in [5, 5.41) is 15.5. The maximum absolute atomic E-state index is 13.4. The molecule has 4 rings (SSSR count). The highest BCUT2D eigenvalue weighted by atomic mass is 19.1. The molecule has 0 spiro atoms. The quantitative estimate of drug-likeness (QED) is 0.434. The van der Waals surface area contributed by atoms with Gasteiger partial charge < -0.3 is 29.5 Å². The van der Waals surface area contributed by atoms with Gasteiger partial charge in [0.1, 0.15) is 36.6 Å². The van der Waals surface area contributed by atoms with Crippen molar-refractivity contribution < 1.29 is 33.3 Å². The molecule has 2 N–H and O–H groups in total. The number of likely N-dealkylation sites (N-methyl/N-ethyl adjacent to an activating group) is 1. The fourth-order valence-electron chi connectivity index (χ4n) is 3.72. The average molecular weight is 499 g/mol. The summed E-state index contributed by atoms with van der Waals surface area (Å²) in [5.41, 5.74) is 1.97. The van der Waals surface area contributed by atoms with Crippen molar-refractivity contribution in [2.24, 2.45) is 0 Å². The van der Waals surface area contributed by atoms with E-state index >= 15 is 0 Å². The van der Waals surface area contributed by atoms with Crippen LogP contribution in [0.2, 0.25) is 0 Å². The second-order valence-corrected chi connectivity index (χ2v) is 8.12. The number of aliphatic hydroxyl groups excluding tert-OH is 1. The van der Waals surface area contributed by atoms with Crippen molar-refractivity contribution in [3.05, 3.63) is 71.8 Å². The molecule has 0 unspecified atom stereocenters. The van der Waals surface area contributed by atoms with Gasteiger partial charge in [-0.25, -0.2) is 9.18 Å². The predicted molar refractivity (Wildman–Crippen MR) is 128 cm³/mol. The van der Waals surface area contributed by atoms with Gasteiger partial charge in [0.15, 0.2) is 0 Å². The van der Waals surface area contributed by atoms with Crippen LogP contribution in [0.1, 0.15) is 11.1 Å². The smallest absolute Gasteiger partial charge is 0.342 e. The Bertz CT molecular complexity index is 1220. The molecule has 2 heterocycles. The monoisotopic (exact) mass is 498 g/mol. The number of aliphatic hydroxyl groups is 1. The zero-order valence-corrected chi connectivity index (χ0v) is 19.7. The van der Waals surface area contributed by atoms with Crippen LogP contribution in [0.15, 0.2) is 54.9 Å². The Hall–Kier alpha value is -3.96. The molecule has 10 nitrogen and oxygen atoms in total. The Balaban J connectivity index is 1.37. The first-order chi connectivity index (χ1) is 17.4. The first-order valence-electron chi connectivity index (χ1n) is 11.4. The first-order valence-corrected chi connectivity index (χ1v) is 11.4. The molecule has 3 aromatic rings. The third kappa shape index (κ3) is 6.18. The molecular formula is C25H27FN4O6. The van der Waals surface area contributed by atoms with Crippen molar-refractivity contribution in [1.29, 1.82) is 0 Å². The number of amides is 2. The molecule has 11 heteroatoms. The van der Waals surface area contributed by atoms with Crippen molar-refractivity contribution in [3.8, 4) is 11.5 Å². The van der Waals surface area contributed by atoms with Gasteiger partial charge in [-0.15, -0.1) is 0 Å². The topological polar surface area (TPSA) is 115 Å². The van der Waals surface area contributed by atoms with E-state index in [4.69, 9.17) is 19.3 Å². The van der Waals surface area contributed by atoms with Gasteiger partial charge in [-0.2, -0.15) is 9.78 Å². The standard InChI is InChI=1S/C25H27FN4O6/c1-29-22-13-20(35-10-9-34-8-7-31)5-6-23(22)36-16-21(24(29)32)28-25(33)30-15-18(14-27-30)11-17-3-2-4-19(26)12-17/h2-6,12-15,21,31H,7-11,16H2,1H3,(H,28,33)/t21-/m0/s1. The summed E-state index contributed by atoms with van der Waals surface area (Å²) in [6.45, 7) is 0.708. The van der Waals surface area contributed by atoms with Crippen LogP contribution in [-0.2, 0) is 16.0 Å². The number of ether oxygens (including phenoxy) is 3. The van der Waals surface area contributed by atoms with E-state index in [1.807, 2.05) is 0 Å². The SMILES string of the molecule is CN1C(=O)[C@@H](NC(=O)n2cc(Cc3cccc(F)c3)cn2)COc2ccc(OCCOCCO)cc21. The highest BCUT2D eigenvalue weighted by Gasteiger charge is 2.31. The number of carbonyl (C=O) groups is 2. The number of hydrogen-bond acceptors (Lipinski definition) is 7. The summed E-state index contributed by atoms with van der Waals surface area (Å²) in [4.78, 5) is 27.3. The predicted octanol–water partition coefficient (Wildman–Crippen LogP) is 1.98. The molecule has 2 aromatic carbocycles. The van der Waals surface area contributed by atoms with Gasteiger partial charge in [-0.3, -0.25) is 4.79 Å². The van der Waals surface area contributed by atoms with Gasteiger partial charge in [0, 0.05) is 25.7 Å². The molecular weight excluding hydrogens is 471 g/mol. The minimum atomic E-state index is -0.943. The zero-order chi connectivity index (χ0) is 25.5. The van der Waals surface area contributed by atoms with Crippen molar-refractivity contribution in [2.75, 3.05) is 45.0 Å². The van der Waals surface area contributed by atoms with E-state index in [1.54, 1.807) is 37.4 Å². The Morgan fingerprint density at radius 2 is 2.08 bits per heavy atom. The summed E-state index contributed by atoms with van der Waals surface area (Å²) in [5.74, 6) is 0.301. The van der Waals surface area contributed by atoms with Gasteiger partial charge in [-0.05, 0) is 35.4 Å². The average Bonchev–Trinajstić information content (AvgIpc) is 3.30. The minimum absolute atomic E-state index is 0.0583. The van der Waals surface area contributed by atoms with E-state index in [2.05, 4.69) is 10.4 Å². The number of rotatable bonds is 9. The molecule has 1 aliphatic heterocycles. The highest BCUT2D eigenvalue weighted by Crippen LogP contribution is 2.34. The second-order valence-electron chi connectivity index (χ2n) is 8.12. The van der Waals surface area contributed by atoms with E-state index < -0.39 is 12.1 Å². The summed E-state index contributed by atoms with van der Waals surface area (Å²) in [7, 11) is 1.59. The summed E-state index contributed by atoms with van der Waals surface area (Å²) >= 11 is 0. The lowest BCUT2D eigenvalue weighted by molar-refractivity contribution is -0.120. The molecule has 0 saturated carbocycles. The number of hydrogen-bond donors (Lipinski definition) is 2.